The van der Waals surface area contributed by atoms with Crippen molar-refractivity contribution in [3.63, 3.8) is 0 Å². The van der Waals surface area contributed by atoms with Crippen LogP contribution in [0, 0.1) is 0 Å². The fourth-order valence-electron chi connectivity index (χ4n) is 5.05. The van der Waals surface area contributed by atoms with Crippen LogP contribution >= 0.6 is 0 Å². The molecule has 0 unspecified atom stereocenters. The molecule has 1 N–H and O–H groups in total. The van der Waals surface area contributed by atoms with Gasteiger partial charge < -0.3 is 14.8 Å². The zero-order valence-corrected chi connectivity index (χ0v) is 18.7. The van der Waals surface area contributed by atoms with Crippen LogP contribution < -0.4 is 10.1 Å². The normalized spacial score (nSPS) is 23.1. The third kappa shape index (κ3) is 5.30. The maximum Gasteiger partial charge on any atom is 0.270 e. The smallest absolute Gasteiger partial charge is 0.270 e. The molecular formula is C26H33N3O3. The van der Waals surface area contributed by atoms with Gasteiger partial charge in [0.15, 0.2) is 0 Å². The first-order valence-corrected chi connectivity index (χ1v) is 12.1. The largest absolute Gasteiger partial charge is 0.489 e. The van der Waals surface area contributed by atoms with E-state index >= 15 is 0 Å². The van der Waals surface area contributed by atoms with Crippen LogP contribution in [-0.2, 0) is 24.1 Å². The van der Waals surface area contributed by atoms with Gasteiger partial charge >= 0.3 is 0 Å². The number of pyridine rings is 1. The average Bonchev–Trinajstić information content (AvgIpc) is 3.52. The second kappa shape index (κ2) is 10.0. The van der Waals surface area contributed by atoms with Gasteiger partial charge in [-0.2, -0.15) is 0 Å². The summed E-state index contributed by atoms with van der Waals surface area (Å²) in [6.45, 7) is 4.86. The number of nitrogens with one attached hydrogen (secondary N) is 1. The highest BCUT2D eigenvalue weighted by atomic mass is 16.5. The van der Waals surface area contributed by atoms with Crippen LogP contribution in [-0.4, -0.2) is 54.2 Å². The summed E-state index contributed by atoms with van der Waals surface area (Å²) < 4.78 is 11.3. The summed E-state index contributed by atoms with van der Waals surface area (Å²) in [5, 5.41) is 3.18. The lowest BCUT2D eigenvalue weighted by Crippen LogP contribution is -2.39. The van der Waals surface area contributed by atoms with Crippen LogP contribution in [0.5, 0.6) is 5.75 Å². The van der Waals surface area contributed by atoms with E-state index < -0.39 is 0 Å². The average molecular weight is 436 g/mol. The summed E-state index contributed by atoms with van der Waals surface area (Å²) in [5.74, 6) is 0.558. The minimum Gasteiger partial charge on any atom is -0.489 e. The number of aromatic nitrogens is 1. The fourth-order valence-corrected chi connectivity index (χ4v) is 5.05. The van der Waals surface area contributed by atoms with Crippen LogP contribution in [0.3, 0.4) is 0 Å². The molecule has 2 aliphatic heterocycles. The highest BCUT2D eigenvalue weighted by Gasteiger charge is 2.22. The van der Waals surface area contributed by atoms with E-state index in [1.807, 2.05) is 6.07 Å². The van der Waals surface area contributed by atoms with E-state index in [9.17, 15) is 4.79 Å². The number of hydrogen-bond acceptors (Lipinski definition) is 5. The molecule has 2 atom stereocenters. The monoisotopic (exact) mass is 435 g/mol. The molecule has 3 heterocycles. The van der Waals surface area contributed by atoms with E-state index in [2.05, 4.69) is 33.4 Å². The topological polar surface area (TPSA) is 63.7 Å². The van der Waals surface area contributed by atoms with Crippen LogP contribution in [0.2, 0.25) is 0 Å². The molecule has 6 nitrogen and oxygen atoms in total. The summed E-state index contributed by atoms with van der Waals surface area (Å²) in [6, 6.07) is 10.6. The van der Waals surface area contributed by atoms with Gasteiger partial charge in [0.1, 0.15) is 18.1 Å². The number of hydrogen-bond donors (Lipinski definition) is 1. The highest BCUT2D eigenvalue weighted by molar-refractivity contribution is 5.92. The molecule has 2 saturated heterocycles. The Balaban J connectivity index is 1.12. The zero-order chi connectivity index (χ0) is 21.8. The number of ether oxygens (including phenoxy) is 2. The van der Waals surface area contributed by atoms with Gasteiger partial charge in [0.25, 0.3) is 5.91 Å². The third-order valence-electron chi connectivity index (χ3n) is 6.87. The van der Waals surface area contributed by atoms with Crippen molar-refractivity contribution in [1.82, 2.24) is 15.2 Å². The van der Waals surface area contributed by atoms with Gasteiger partial charge in [-0.15, -0.1) is 0 Å². The van der Waals surface area contributed by atoms with Gasteiger partial charge in [-0.25, -0.2) is 4.98 Å². The Morgan fingerprint density at radius 3 is 2.81 bits per heavy atom. The van der Waals surface area contributed by atoms with Crippen molar-refractivity contribution in [2.24, 2.45) is 0 Å². The highest BCUT2D eigenvalue weighted by Crippen LogP contribution is 2.24. The fraction of sp³-hybridized carbons (Fsp3) is 0.538. The summed E-state index contributed by atoms with van der Waals surface area (Å²) in [6.07, 6.45) is 9.44. The van der Waals surface area contributed by atoms with Crippen molar-refractivity contribution >= 4 is 5.91 Å². The number of likely N-dealkylation sites (tertiary alicyclic amines) is 1. The Morgan fingerprint density at radius 2 is 2.03 bits per heavy atom. The second-order valence-corrected chi connectivity index (χ2v) is 9.32. The first kappa shape index (κ1) is 21.4. The SMILES string of the molecule is O=C(N[C@H]1CCc2cc(CN3CCCC3)ccc2C1)c1ccc(OC[C@@H]2CCCO2)cn1. The van der Waals surface area contributed by atoms with E-state index in [0.717, 1.165) is 45.3 Å². The van der Waals surface area contributed by atoms with Gasteiger partial charge in [0, 0.05) is 19.2 Å². The first-order chi connectivity index (χ1) is 15.7. The molecule has 0 bridgehead atoms. The number of amides is 1. The van der Waals surface area contributed by atoms with Crippen molar-refractivity contribution in [3.05, 3.63) is 58.9 Å². The standard InChI is InChI=1S/C26H33N3O3/c30-26(25-10-9-23(16-27-25)32-18-24-4-3-13-31-24)28-22-8-7-20-14-19(5-6-21(20)15-22)17-29-11-1-2-12-29/h5-6,9-10,14,16,22,24H,1-4,7-8,11-13,15,17-18H2,(H,28,30)/t22-,24-/m0/s1. The molecule has 0 saturated carbocycles. The van der Waals surface area contributed by atoms with Crippen molar-refractivity contribution in [3.8, 4) is 5.75 Å². The Bertz CT molecular complexity index is 918. The van der Waals surface area contributed by atoms with Gasteiger partial charge in [-0.3, -0.25) is 9.69 Å². The number of nitrogens with zero attached hydrogens (tertiary/aromatic N) is 2. The van der Waals surface area contributed by atoms with Gasteiger partial charge in [0.2, 0.25) is 0 Å². The lowest BCUT2D eigenvalue weighted by molar-refractivity contribution is 0.0678. The molecule has 3 aliphatic rings. The maximum absolute atomic E-state index is 12.7. The number of benzene rings is 1. The van der Waals surface area contributed by atoms with Crippen LogP contribution in [0.25, 0.3) is 0 Å². The Kier molecular flexibility index (Phi) is 6.69. The van der Waals surface area contributed by atoms with E-state index in [-0.39, 0.29) is 18.1 Å². The van der Waals surface area contributed by atoms with Crippen LogP contribution in [0.4, 0.5) is 0 Å². The molecule has 1 aliphatic carbocycles. The Labute approximate surface area is 190 Å². The van der Waals surface area contributed by atoms with Gasteiger partial charge in [0.05, 0.1) is 12.3 Å². The molecule has 0 radical (unpaired) electrons. The molecule has 170 valence electrons. The predicted molar refractivity (Wildman–Crippen MR) is 123 cm³/mol. The van der Waals surface area contributed by atoms with E-state index in [0.29, 0.717) is 18.1 Å². The summed E-state index contributed by atoms with van der Waals surface area (Å²) in [7, 11) is 0. The molecule has 5 rings (SSSR count). The lowest BCUT2D eigenvalue weighted by atomic mass is 9.87. The molecule has 0 spiro atoms. The number of carbonyl (C=O) groups is 1. The minimum atomic E-state index is -0.116. The summed E-state index contributed by atoms with van der Waals surface area (Å²) in [5.41, 5.74) is 4.65. The molecular weight excluding hydrogens is 402 g/mol. The van der Waals surface area contributed by atoms with Crippen molar-refractivity contribution in [1.29, 1.82) is 0 Å². The quantitative estimate of drug-likeness (QED) is 0.721. The number of carbonyl (C=O) groups excluding carboxylic acids is 1. The number of aryl methyl sites for hydroxylation is 1. The summed E-state index contributed by atoms with van der Waals surface area (Å²) in [4.78, 5) is 19.6. The van der Waals surface area contributed by atoms with E-state index in [1.165, 1.54) is 42.6 Å². The molecule has 32 heavy (non-hydrogen) atoms. The third-order valence-corrected chi connectivity index (χ3v) is 6.87. The molecule has 1 amide bonds. The van der Waals surface area contributed by atoms with Crippen LogP contribution in [0.15, 0.2) is 36.5 Å². The minimum absolute atomic E-state index is 0.116. The molecule has 6 heteroatoms. The zero-order valence-electron chi connectivity index (χ0n) is 18.7. The van der Waals surface area contributed by atoms with E-state index in [1.54, 1.807) is 12.3 Å². The van der Waals surface area contributed by atoms with Gasteiger partial charge in [-0.1, -0.05) is 18.2 Å². The number of rotatable bonds is 7. The maximum atomic E-state index is 12.7. The predicted octanol–water partition coefficient (Wildman–Crippen LogP) is 3.52. The van der Waals surface area contributed by atoms with Crippen molar-refractivity contribution in [2.75, 3.05) is 26.3 Å². The Morgan fingerprint density at radius 1 is 1.12 bits per heavy atom. The van der Waals surface area contributed by atoms with E-state index in [4.69, 9.17) is 9.47 Å². The lowest BCUT2D eigenvalue weighted by Gasteiger charge is -2.26. The molecule has 2 aromatic rings. The van der Waals surface area contributed by atoms with Crippen molar-refractivity contribution in [2.45, 2.75) is 63.6 Å². The van der Waals surface area contributed by atoms with Gasteiger partial charge in [-0.05, 0) is 86.9 Å². The molecule has 1 aromatic heterocycles. The summed E-state index contributed by atoms with van der Waals surface area (Å²) >= 11 is 0. The second-order valence-electron chi connectivity index (χ2n) is 9.32. The molecule has 1 aromatic carbocycles. The number of fused-ring (bicyclic) bond motifs is 1. The van der Waals surface area contributed by atoms with Crippen molar-refractivity contribution < 1.29 is 14.3 Å². The van der Waals surface area contributed by atoms with Crippen LogP contribution in [0.1, 0.15) is 59.3 Å². The molecule has 2 fully saturated rings. The Hall–Kier alpha value is -2.44. The first-order valence-electron chi connectivity index (χ1n) is 12.1.